The van der Waals surface area contributed by atoms with E-state index in [-0.39, 0.29) is 23.7 Å². The first kappa shape index (κ1) is 21.8. The van der Waals surface area contributed by atoms with E-state index >= 15 is 0 Å². The summed E-state index contributed by atoms with van der Waals surface area (Å²) in [5.74, 6) is 0.0537. The quantitative estimate of drug-likeness (QED) is 0.309. The van der Waals surface area contributed by atoms with Crippen molar-refractivity contribution in [2.24, 2.45) is 5.10 Å². The van der Waals surface area contributed by atoms with E-state index in [1.54, 1.807) is 42.5 Å². The first-order valence-electron chi connectivity index (χ1n) is 10.1. The molecular weight excluding hydrogens is 423 g/mol. The van der Waals surface area contributed by atoms with Gasteiger partial charge in [-0.1, -0.05) is 36.4 Å². The molecule has 4 rings (SSSR count). The van der Waals surface area contributed by atoms with Crippen molar-refractivity contribution in [3.8, 4) is 17.2 Å². The number of hydrazone groups is 1. The largest absolute Gasteiger partial charge is 0.507 e. The number of amides is 1. The number of rotatable bonds is 7. The average Bonchev–Trinajstić information content (AvgIpc) is 2.83. The highest BCUT2D eigenvalue weighted by Gasteiger charge is 2.12. The molecule has 0 aromatic heterocycles. The molecule has 1 amide bonds. The third kappa shape index (κ3) is 5.27. The number of benzene rings is 4. The van der Waals surface area contributed by atoms with Gasteiger partial charge in [0.25, 0.3) is 5.91 Å². The summed E-state index contributed by atoms with van der Waals surface area (Å²) in [6.07, 6.45) is 1.46. The molecule has 0 spiro atoms. The number of phenols is 1. The second-order valence-corrected chi connectivity index (χ2v) is 7.24. The Morgan fingerprint density at radius 1 is 1.00 bits per heavy atom. The molecule has 6 nitrogen and oxygen atoms in total. The highest BCUT2D eigenvalue weighted by Crippen LogP contribution is 2.28. The Balaban J connectivity index is 1.42. The Morgan fingerprint density at radius 3 is 2.45 bits per heavy atom. The van der Waals surface area contributed by atoms with E-state index in [0.29, 0.717) is 17.1 Å². The second kappa shape index (κ2) is 9.82. The molecule has 0 fully saturated rings. The van der Waals surface area contributed by atoms with Gasteiger partial charge < -0.3 is 14.6 Å². The van der Waals surface area contributed by atoms with Gasteiger partial charge in [-0.3, -0.25) is 4.79 Å². The maximum atomic E-state index is 13.0. The number of hydrogen-bond acceptors (Lipinski definition) is 5. The summed E-state index contributed by atoms with van der Waals surface area (Å²) < 4.78 is 24.2. The summed E-state index contributed by atoms with van der Waals surface area (Å²) in [5.41, 5.74) is 4.05. The number of nitrogens with zero attached hydrogens (tertiary/aromatic N) is 1. The number of ether oxygens (including phenoxy) is 2. The predicted molar refractivity (Wildman–Crippen MR) is 124 cm³/mol. The molecule has 4 aromatic rings. The fraction of sp³-hybridized carbons (Fsp3) is 0.0769. The number of methoxy groups -OCH3 is 1. The van der Waals surface area contributed by atoms with Crippen LogP contribution in [-0.4, -0.2) is 24.3 Å². The average molecular weight is 444 g/mol. The maximum Gasteiger partial charge on any atom is 0.275 e. The fourth-order valence-corrected chi connectivity index (χ4v) is 3.26. The second-order valence-electron chi connectivity index (χ2n) is 7.24. The lowest BCUT2D eigenvalue weighted by atomic mass is 10.1. The molecule has 0 aliphatic heterocycles. The van der Waals surface area contributed by atoms with E-state index in [1.807, 2.05) is 24.3 Å². The predicted octanol–water partition coefficient (Wildman–Crippen LogP) is 5.04. The van der Waals surface area contributed by atoms with Gasteiger partial charge in [0.1, 0.15) is 18.2 Å². The molecule has 0 unspecified atom stereocenters. The smallest absolute Gasteiger partial charge is 0.275 e. The molecule has 4 aromatic carbocycles. The van der Waals surface area contributed by atoms with E-state index in [9.17, 15) is 14.3 Å². The van der Waals surface area contributed by atoms with Crippen molar-refractivity contribution in [2.75, 3.05) is 7.11 Å². The number of hydrogen-bond donors (Lipinski definition) is 2. The lowest BCUT2D eigenvalue weighted by Gasteiger charge is -2.11. The van der Waals surface area contributed by atoms with Gasteiger partial charge in [0, 0.05) is 0 Å². The topological polar surface area (TPSA) is 80.2 Å². The highest BCUT2D eigenvalue weighted by atomic mass is 19.1. The van der Waals surface area contributed by atoms with Crippen molar-refractivity contribution in [1.82, 2.24) is 5.43 Å². The summed E-state index contributed by atoms with van der Waals surface area (Å²) in [6, 6.07) is 21.8. The van der Waals surface area contributed by atoms with E-state index in [2.05, 4.69) is 10.5 Å². The van der Waals surface area contributed by atoms with Crippen LogP contribution in [0.25, 0.3) is 10.8 Å². The SMILES string of the molecule is COc1cc(C=NNC(=O)c2cc3ccccc3cc2O)ccc1OCc1ccc(F)cc1. The molecule has 0 saturated heterocycles. The third-order valence-corrected chi connectivity index (χ3v) is 4.98. The Kier molecular flexibility index (Phi) is 6.50. The summed E-state index contributed by atoms with van der Waals surface area (Å²) in [5, 5.41) is 15.8. The van der Waals surface area contributed by atoms with Gasteiger partial charge in [-0.2, -0.15) is 5.10 Å². The van der Waals surface area contributed by atoms with Crippen LogP contribution in [0.4, 0.5) is 4.39 Å². The van der Waals surface area contributed by atoms with Crippen molar-refractivity contribution < 1.29 is 23.8 Å². The number of carbonyl (C=O) groups is 1. The van der Waals surface area contributed by atoms with Crippen molar-refractivity contribution in [1.29, 1.82) is 0 Å². The van der Waals surface area contributed by atoms with E-state index in [0.717, 1.165) is 16.3 Å². The number of carbonyl (C=O) groups excluding carboxylic acids is 1. The number of nitrogens with one attached hydrogen (secondary N) is 1. The summed E-state index contributed by atoms with van der Waals surface area (Å²) >= 11 is 0. The number of phenolic OH excluding ortho intramolecular Hbond substituents is 1. The van der Waals surface area contributed by atoms with Crippen LogP contribution in [0.1, 0.15) is 21.5 Å². The standard InChI is InChI=1S/C26H21FN2O4/c1-32-25-12-18(8-11-24(25)33-16-17-6-9-21(27)10-7-17)15-28-29-26(31)22-13-19-4-2-3-5-20(19)14-23(22)30/h2-15,30H,16H2,1H3,(H,29,31). The molecule has 0 aliphatic rings. The minimum atomic E-state index is -0.527. The van der Waals surface area contributed by atoms with Crippen molar-refractivity contribution in [3.05, 3.63) is 101 Å². The summed E-state index contributed by atoms with van der Waals surface area (Å²) in [6.45, 7) is 0.259. The van der Waals surface area contributed by atoms with Gasteiger partial charge in [-0.25, -0.2) is 9.82 Å². The van der Waals surface area contributed by atoms with Crippen molar-refractivity contribution in [3.63, 3.8) is 0 Å². The van der Waals surface area contributed by atoms with Crippen LogP contribution >= 0.6 is 0 Å². The zero-order valence-electron chi connectivity index (χ0n) is 17.8. The molecule has 0 radical (unpaired) electrons. The Morgan fingerprint density at radius 2 is 1.73 bits per heavy atom. The lowest BCUT2D eigenvalue weighted by molar-refractivity contribution is 0.0952. The monoisotopic (exact) mass is 444 g/mol. The first-order valence-corrected chi connectivity index (χ1v) is 10.1. The number of aromatic hydroxyl groups is 1. The third-order valence-electron chi connectivity index (χ3n) is 4.98. The molecule has 0 saturated carbocycles. The van der Waals surface area contributed by atoms with Crippen LogP contribution in [0.3, 0.4) is 0 Å². The van der Waals surface area contributed by atoms with Gasteiger partial charge in [0.2, 0.25) is 0 Å². The van der Waals surface area contributed by atoms with Crippen LogP contribution in [0.2, 0.25) is 0 Å². The van der Waals surface area contributed by atoms with Crippen LogP contribution in [0.5, 0.6) is 17.2 Å². The number of halogens is 1. The molecule has 0 heterocycles. The molecule has 166 valence electrons. The summed E-state index contributed by atoms with van der Waals surface area (Å²) in [7, 11) is 1.52. The lowest BCUT2D eigenvalue weighted by Crippen LogP contribution is -2.17. The fourth-order valence-electron chi connectivity index (χ4n) is 3.26. The minimum Gasteiger partial charge on any atom is -0.507 e. The Hall–Kier alpha value is -4.39. The van der Waals surface area contributed by atoms with E-state index < -0.39 is 5.91 Å². The van der Waals surface area contributed by atoms with Gasteiger partial charge in [-0.05, 0) is 64.4 Å². The minimum absolute atomic E-state index is 0.120. The van der Waals surface area contributed by atoms with Crippen LogP contribution in [0, 0.1) is 5.82 Å². The van der Waals surface area contributed by atoms with Crippen molar-refractivity contribution >= 4 is 22.9 Å². The van der Waals surface area contributed by atoms with Gasteiger partial charge in [-0.15, -0.1) is 0 Å². The molecule has 0 atom stereocenters. The number of fused-ring (bicyclic) bond motifs is 1. The summed E-state index contributed by atoms with van der Waals surface area (Å²) in [4.78, 5) is 12.5. The Bertz CT molecular complexity index is 1320. The van der Waals surface area contributed by atoms with Gasteiger partial charge >= 0.3 is 0 Å². The van der Waals surface area contributed by atoms with Gasteiger partial charge in [0.05, 0.1) is 18.9 Å². The molecule has 2 N–H and O–H groups in total. The van der Waals surface area contributed by atoms with E-state index in [4.69, 9.17) is 9.47 Å². The molecule has 0 aliphatic carbocycles. The molecule has 0 bridgehead atoms. The molecular formula is C26H21FN2O4. The molecule has 33 heavy (non-hydrogen) atoms. The van der Waals surface area contributed by atoms with Gasteiger partial charge in [0.15, 0.2) is 11.5 Å². The van der Waals surface area contributed by atoms with Crippen LogP contribution in [0.15, 0.2) is 84.0 Å². The van der Waals surface area contributed by atoms with E-state index in [1.165, 1.54) is 25.5 Å². The van der Waals surface area contributed by atoms with Crippen LogP contribution < -0.4 is 14.9 Å². The first-order chi connectivity index (χ1) is 16.0. The zero-order valence-corrected chi connectivity index (χ0v) is 17.8. The molecule has 7 heteroatoms. The zero-order chi connectivity index (χ0) is 23.2. The normalized spacial score (nSPS) is 11.0. The maximum absolute atomic E-state index is 13.0. The van der Waals surface area contributed by atoms with Crippen molar-refractivity contribution in [2.45, 2.75) is 6.61 Å². The highest BCUT2D eigenvalue weighted by molar-refractivity contribution is 6.01. The Labute approximate surface area is 189 Å². The van der Waals surface area contributed by atoms with Crippen LogP contribution in [-0.2, 0) is 6.61 Å².